The maximum Gasteiger partial charge on any atom is 0.348 e. The number of esters is 2. The number of rotatable bonds is 9. The Kier molecular flexibility index (Phi) is 8.30. The fraction of sp³-hybridized carbons (Fsp3) is 0.278. The molecule has 0 heterocycles. The fourth-order valence-electron chi connectivity index (χ4n) is 1.70. The minimum Gasteiger partial charge on any atom is -0.493 e. The van der Waals surface area contributed by atoms with Crippen LogP contribution in [-0.2, 0) is 19.1 Å². The second kappa shape index (κ2) is 10.5. The molecule has 0 saturated carbocycles. The molecule has 0 spiro atoms. The maximum atomic E-state index is 11.6. The summed E-state index contributed by atoms with van der Waals surface area (Å²) in [4.78, 5) is 22.8. The van der Waals surface area contributed by atoms with Crippen molar-refractivity contribution in [2.24, 2.45) is 0 Å². The van der Waals surface area contributed by atoms with Gasteiger partial charge in [-0.25, -0.2) is 9.59 Å². The Morgan fingerprint density at radius 2 is 1.84 bits per heavy atom. The number of benzene rings is 1. The van der Waals surface area contributed by atoms with Gasteiger partial charge in [-0.05, 0) is 23.8 Å². The molecule has 0 saturated heterocycles. The first kappa shape index (κ1) is 19.8. The van der Waals surface area contributed by atoms with Crippen molar-refractivity contribution >= 4 is 18.0 Å². The van der Waals surface area contributed by atoms with Gasteiger partial charge in [0, 0.05) is 12.5 Å². The Bertz CT molecular complexity index is 702. The van der Waals surface area contributed by atoms with Crippen molar-refractivity contribution < 1.29 is 28.5 Å². The van der Waals surface area contributed by atoms with Gasteiger partial charge in [-0.1, -0.05) is 12.6 Å². The summed E-state index contributed by atoms with van der Waals surface area (Å²) in [5.41, 5.74) is 0.480. The van der Waals surface area contributed by atoms with Crippen molar-refractivity contribution in [2.75, 3.05) is 27.4 Å². The van der Waals surface area contributed by atoms with Crippen LogP contribution >= 0.6 is 0 Å². The molecule has 0 aliphatic carbocycles. The Morgan fingerprint density at radius 3 is 2.48 bits per heavy atom. The highest BCUT2D eigenvalue weighted by Gasteiger charge is 2.07. The maximum absolute atomic E-state index is 11.6. The van der Waals surface area contributed by atoms with E-state index in [1.807, 2.05) is 0 Å². The molecule has 0 aliphatic heterocycles. The third-order valence-corrected chi connectivity index (χ3v) is 2.97. The van der Waals surface area contributed by atoms with E-state index in [9.17, 15) is 9.59 Å². The summed E-state index contributed by atoms with van der Waals surface area (Å²) < 4.78 is 20.0. The molecule has 0 unspecified atom stereocenters. The summed E-state index contributed by atoms with van der Waals surface area (Å²) in [5, 5.41) is 8.45. The molecule has 1 rings (SSSR count). The monoisotopic (exact) mass is 345 g/mol. The largest absolute Gasteiger partial charge is 0.493 e. The summed E-state index contributed by atoms with van der Waals surface area (Å²) in [6.45, 7) is 3.35. The predicted octanol–water partition coefficient (Wildman–Crippen LogP) is 2.27. The predicted molar refractivity (Wildman–Crippen MR) is 89.9 cm³/mol. The van der Waals surface area contributed by atoms with Crippen molar-refractivity contribution in [1.29, 1.82) is 5.26 Å². The molecule has 0 aliphatic rings. The summed E-state index contributed by atoms with van der Waals surface area (Å²) in [5.74, 6) is -0.153. The molecule has 25 heavy (non-hydrogen) atoms. The van der Waals surface area contributed by atoms with Crippen molar-refractivity contribution in [3.8, 4) is 17.6 Å². The number of ether oxygens (including phenoxy) is 4. The standard InChI is InChI=1S/C18H19NO6/c1-13(12-19)18(21)25-10-4-9-24-17(20)8-6-14-5-7-15(22-2)16(11-14)23-3/h5-8,11H,1,4,9-10H2,2-3H3. The van der Waals surface area contributed by atoms with Crippen LogP contribution in [0.1, 0.15) is 12.0 Å². The average Bonchev–Trinajstić information content (AvgIpc) is 2.64. The van der Waals surface area contributed by atoms with Crippen LogP contribution in [0.2, 0.25) is 0 Å². The summed E-state index contributed by atoms with van der Waals surface area (Å²) in [6, 6.07) is 6.82. The lowest BCUT2D eigenvalue weighted by Gasteiger charge is -2.07. The van der Waals surface area contributed by atoms with E-state index < -0.39 is 11.9 Å². The quantitative estimate of drug-likeness (QED) is 0.293. The van der Waals surface area contributed by atoms with Gasteiger partial charge in [-0.3, -0.25) is 0 Å². The van der Waals surface area contributed by atoms with E-state index in [1.54, 1.807) is 30.3 Å². The molecule has 132 valence electrons. The Morgan fingerprint density at radius 1 is 1.16 bits per heavy atom. The SMILES string of the molecule is C=C(C#N)C(=O)OCCCOC(=O)C=Cc1ccc(OC)c(OC)c1. The first-order chi connectivity index (χ1) is 12.0. The lowest BCUT2D eigenvalue weighted by Crippen LogP contribution is -2.10. The van der Waals surface area contributed by atoms with Gasteiger partial charge in [0.1, 0.15) is 11.6 Å². The van der Waals surface area contributed by atoms with Crippen molar-refractivity contribution in [3.05, 3.63) is 42.0 Å². The minimum atomic E-state index is -0.776. The molecule has 0 radical (unpaired) electrons. The van der Waals surface area contributed by atoms with E-state index in [1.165, 1.54) is 20.3 Å². The molecule has 1 aromatic carbocycles. The Hall–Kier alpha value is -3.27. The molecular formula is C18H19NO6. The minimum absolute atomic E-state index is 0.0339. The fourth-order valence-corrected chi connectivity index (χ4v) is 1.70. The number of carbonyl (C=O) groups is 2. The molecule has 0 N–H and O–H groups in total. The highest BCUT2D eigenvalue weighted by atomic mass is 16.5. The summed E-state index contributed by atoms with van der Waals surface area (Å²) in [7, 11) is 3.07. The van der Waals surface area contributed by atoms with E-state index >= 15 is 0 Å². The van der Waals surface area contributed by atoms with Crippen molar-refractivity contribution in [3.63, 3.8) is 0 Å². The first-order valence-corrected chi connectivity index (χ1v) is 7.34. The van der Waals surface area contributed by atoms with Crippen molar-refractivity contribution in [1.82, 2.24) is 0 Å². The number of methoxy groups -OCH3 is 2. The van der Waals surface area contributed by atoms with Crippen LogP contribution in [-0.4, -0.2) is 39.4 Å². The first-order valence-electron chi connectivity index (χ1n) is 7.34. The van der Waals surface area contributed by atoms with Crippen LogP contribution in [0.5, 0.6) is 11.5 Å². The van der Waals surface area contributed by atoms with Gasteiger partial charge in [-0.2, -0.15) is 5.26 Å². The van der Waals surface area contributed by atoms with Gasteiger partial charge in [0.2, 0.25) is 0 Å². The van der Waals surface area contributed by atoms with E-state index in [4.69, 9.17) is 24.2 Å². The molecule has 0 bridgehead atoms. The van der Waals surface area contributed by atoms with E-state index in [-0.39, 0.29) is 18.8 Å². The van der Waals surface area contributed by atoms with E-state index in [0.717, 1.165) is 5.56 Å². The van der Waals surface area contributed by atoms with Crippen LogP contribution in [0.15, 0.2) is 36.4 Å². The third-order valence-electron chi connectivity index (χ3n) is 2.97. The van der Waals surface area contributed by atoms with Crippen LogP contribution < -0.4 is 9.47 Å². The van der Waals surface area contributed by atoms with Gasteiger partial charge in [-0.15, -0.1) is 0 Å². The summed E-state index contributed by atoms with van der Waals surface area (Å²) in [6.07, 6.45) is 3.19. The van der Waals surface area contributed by atoms with Gasteiger partial charge < -0.3 is 18.9 Å². The van der Waals surface area contributed by atoms with Crippen LogP contribution in [0.3, 0.4) is 0 Å². The zero-order valence-electron chi connectivity index (χ0n) is 14.1. The van der Waals surface area contributed by atoms with Gasteiger partial charge in [0.05, 0.1) is 27.4 Å². The Balaban J connectivity index is 2.37. The molecule has 0 fully saturated rings. The lowest BCUT2D eigenvalue weighted by molar-refractivity contribution is -0.140. The molecule has 0 atom stereocenters. The van der Waals surface area contributed by atoms with Gasteiger partial charge in [0.25, 0.3) is 0 Å². The van der Waals surface area contributed by atoms with Crippen molar-refractivity contribution in [2.45, 2.75) is 6.42 Å². The highest BCUT2D eigenvalue weighted by Crippen LogP contribution is 2.27. The lowest BCUT2D eigenvalue weighted by atomic mass is 10.2. The number of nitrogens with zero attached hydrogens (tertiary/aromatic N) is 1. The smallest absolute Gasteiger partial charge is 0.348 e. The van der Waals surface area contributed by atoms with Crippen LogP contribution in [0.4, 0.5) is 0 Å². The zero-order valence-corrected chi connectivity index (χ0v) is 14.1. The van der Waals surface area contributed by atoms with Crippen LogP contribution in [0, 0.1) is 11.3 Å². The second-order valence-corrected chi connectivity index (χ2v) is 4.70. The summed E-state index contributed by atoms with van der Waals surface area (Å²) >= 11 is 0. The number of hydrogen-bond acceptors (Lipinski definition) is 7. The second-order valence-electron chi connectivity index (χ2n) is 4.70. The highest BCUT2D eigenvalue weighted by molar-refractivity contribution is 5.91. The van der Waals surface area contributed by atoms with Crippen LogP contribution in [0.25, 0.3) is 6.08 Å². The zero-order chi connectivity index (χ0) is 18.7. The number of hydrogen-bond donors (Lipinski definition) is 0. The molecule has 1 aromatic rings. The molecule has 0 amide bonds. The normalized spacial score (nSPS) is 9.96. The topological polar surface area (TPSA) is 94.9 Å². The molecule has 7 heteroatoms. The number of nitriles is 1. The van der Waals surface area contributed by atoms with Gasteiger partial charge in [0.15, 0.2) is 11.5 Å². The average molecular weight is 345 g/mol. The van der Waals surface area contributed by atoms with E-state index in [2.05, 4.69) is 6.58 Å². The van der Waals surface area contributed by atoms with Gasteiger partial charge >= 0.3 is 11.9 Å². The molecule has 7 nitrogen and oxygen atoms in total. The van der Waals surface area contributed by atoms with E-state index in [0.29, 0.717) is 17.9 Å². The Labute approximate surface area is 146 Å². The molecular weight excluding hydrogens is 326 g/mol. The molecule has 0 aromatic heterocycles. The number of carbonyl (C=O) groups excluding carboxylic acids is 2. The third kappa shape index (κ3) is 6.79.